The summed E-state index contributed by atoms with van der Waals surface area (Å²) in [4.78, 5) is 0. The van der Waals surface area contributed by atoms with Crippen molar-refractivity contribution in [3.05, 3.63) is 34.4 Å². The molecule has 5 heteroatoms. The predicted molar refractivity (Wildman–Crippen MR) is 50.2 cm³/mol. The topological polar surface area (TPSA) is 47.6 Å². The average molecular weight is 224 g/mol. The van der Waals surface area contributed by atoms with Crippen LogP contribution in [0.3, 0.4) is 0 Å². The molecular formula is C11H7F3N2. The van der Waals surface area contributed by atoms with Crippen LogP contribution < -0.4 is 0 Å². The van der Waals surface area contributed by atoms with Gasteiger partial charge >= 0.3 is 6.18 Å². The predicted octanol–water partition coefficient (Wildman–Crippen LogP) is 2.95. The maximum atomic E-state index is 12.5. The Balaban J connectivity index is 3.42. The first-order chi connectivity index (χ1) is 7.40. The van der Waals surface area contributed by atoms with Gasteiger partial charge in [0.1, 0.15) is 0 Å². The molecule has 0 bridgehead atoms. The number of aryl methyl sites for hydroxylation is 1. The summed E-state index contributed by atoms with van der Waals surface area (Å²) >= 11 is 0. The van der Waals surface area contributed by atoms with Crippen LogP contribution in [0.4, 0.5) is 13.2 Å². The molecule has 0 saturated heterocycles. The van der Waals surface area contributed by atoms with Crippen molar-refractivity contribution < 1.29 is 13.2 Å². The van der Waals surface area contributed by atoms with Crippen LogP contribution in [-0.4, -0.2) is 0 Å². The molecule has 0 N–H and O–H groups in total. The summed E-state index contributed by atoms with van der Waals surface area (Å²) in [7, 11) is 0. The highest BCUT2D eigenvalue weighted by atomic mass is 19.4. The first kappa shape index (κ1) is 12.1. The molecule has 2 nitrogen and oxygen atoms in total. The van der Waals surface area contributed by atoms with Gasteiger partial charge in [0, 0.05) is 0 Å². The van der Waals surface area contributed by atoms with E-state index in [4.69, 9.17) is 10.5 Å². The Labute approximate surface area is 90.5 Å². The second kappa shape index (κ2) is 4.24. The van der Waals surface area contributed by atoms with Crippen molar-refractivity contribution in [3.63, 3.8) is 0 Å². The molecule has 82 valence electrons. The van der Waals surface area contributed by atoms with Crippen LogP contribution in [0.2, 0.25) is 0 Å². The molecule has 0 radical (unpaired) electrons. The van der Waals surface area contributed by atoms with E-state index >= 15 is 0 Å². The normalized spacial score (nSPS) is 10.6. The van der Waals surface area contributed by atoms with Gasteiger partial charge in [-0.15, -0.1) is 0 Å². The van der Waals surface area contributed by atoms with Gasteiger partial charge in [-0.05, 0) is 30.2 Å². The quantitative estimate of drug-likeness (QED) is 0.736. The van der Waals surface area contributed by atoms with Crippen LogP contribution in [0.5, 0.6) is 0 Å². The van der Waals surface area contributed by atoms with Gasteiger partial charge in [0.15, 0.2) is 0 Å². The van der Waals surface area contributed by atoms with Crippen molar-refractivity contribution >= 4 is 0 Å². The number of hydrogen-bond acceptors (Lipinski definition) is 2. The summed E-state index contributed by atoms with van der Waals surface area (Å²) in [6.45, 7) is 1.43. The SMILES string of the molecule is Cc1cc(C(F)(F)F)cc(CC#N)c1C#N. The molecule has 0 unspecified atom stereocenters. The van der Waals surface area contributed by atoms with Gasteiger partial charge < -0.3 is 0 Å². The first-order valence-electron chi connectivity index (χ1n) is 4.38. The second-order valence-electron chi connectivity index (χ2n) is 3.27. The lowest BCUT2D eigenvalue weighted by atomic mass is 9.97. The monoisotopic (exact) mass is 224 g/mol. The number of hydrogen-bond donors (Lipinski definition) is 0. The van der Waals surface area contributed by atoms with Gasteiger partial charge in [-0.3, -0.25) is 0 Å². The Bertz CT molecular complexity index is 490. The number of nitriles is 2. The van der Waals surface area contributed by atoms with E-state index in [0.29, 0.717) is 0 Å². The third-order valence-corrected chi connectivity index (χ3v) is 2.13. The van der Waals surface area contributed by atoms with Gasteiger partial charge in [-0.1, -0.05) is 0 Å². The first-order valence-corrected chi connectivity index (χ1v) is 4.38. The Hall–Kier alpha value is -2.01. The van der Waals surface area contributed by atoms with E-state index in [2.05, 4.69) is 0 Å². The van der Waals surface area contributed by atoms with Crippen molar-refractivity contribution in [2.75, 3.05) is 0 Å². The zero-order valence-corrected chi connectivity index (χ0v) is 8.39. The lowest BCUT2D eigenvalue weighted by Crippen LogP contribution is -2.07. The number of benzene rings is 1. The molecule has 1 rings (SSSR count). The van der Waals surface area contributed by atoms with Gasteiger partial charge in [-0.2, -0.15) is 23.7 Å². The summed E-state index contributed by atoms with van der Waals surface area (Å²) in [5, 5.41) is 17.3. The molecule has 1 aromatic carbocycles. The van der Waals surface area contributed by atoms with Crippen molar-refractivity contribution in [2.24, 2.45) is 0 Å². The third kappa shape index (κ3) is 2.32. The molecule has 0 aliphatic heterocycles. The molecule has 0 aliphatic rings. The highest BCUT2D eigenvalue weighted by Crippen LogP contribution is 2.32. The molecular weight excluding hydrogens is 217 g/mol. The molecule has 1 aromatic rings. The van der Waals surface area contributed by atoms with Crippen LogP contribution in [0.15, 0.2) is 12.1 Å². The average Bonchev–Trinajstić information content (AvgIpc) is 2.16. The lowest BCUT2D eigenvalue weighted by Gasteiger charge is -2.11. The summed E-state index contributed by atoms with van der Waals surface area (Å²) in [6.07, 6.45) is -4.66. The second-order valence-corrected chi connectivity index (χ2v) is 3.27. The van der Waals surface area contributed by atoms with E-state index < -0.39 is 11.7 Å². The number of rotatable bonds is 1. The zero-order valence-electron chi connectivity index (χ0n) is 8.39. The number of halogens is 3. The lowest BCUT2D eigenvalue weighted by molar-refractivity contribution is -0.137. The van der Waals surface area contributed by atoms with Crippen LogP contribution in [0.1, 0.15) is 22.3 Å². The molecule has 0 fully saturated rings. The minimum Gasteiger partial charge on any atom is -0.198 e. The fraction of sp³-hybridized carbons (Fsp3) is 0.273. The Morgan fingerprint density at radius 2 is 1.88 bits per heavy atom. The summed E-state index contributed by atoms with van der Waals surface area (Å²) in [5.74, 6) is 0. The molecule has 0 saturated carbocycles. The summed E-state index contributed by atoms with van der Waals surface area (Å²) in [5.41, 5.74) is -0.316. The zero-order chi connectivity index (χ0) is 12.3. The van der Waals surface area contributed by atoms with E-state index in [0.717, 1.165) is 12.1 Å². The maximum absolute atomic E-state index is 12.5. The molecule has 0 aromatic heterocycles. The molecule has 0 heterocycles. The Morgan fingerprint density at radius 3 is 2.31 bits per heavy atom. The van der Waals surface area contributed by atoms with E-state index in [1.807, 2.05) is 6.07 Å². The van der Waals surface area contributed by atoms with Crippen molar-refractivity contribution in [3.8, 4) is 12.1 Å². The Kier molecular flexibility index (Phi) is 3.20. The van der Waals surface area contributed by atoms with Crippen molar-refractivity contribution in [1.82, 2.24) is 0 Å². The van der Waals surface area contributed by atoms with Crippen LogP contribution in [0.25, 0.3) is 0 Å². The minimum absolute atomic E-state index is 0.123. The highest BCUT2D eigenvalue weighted by molar-refractivity contribution is 5.48. The molecule has 0 atom stereocenters. The summed E-state index contributed by atoms with van der Waals surface area (Å²) < 4.78 is 37.4. The van der Waals surface area contributed by atoms with Gasteiger partial charge in [0.05, 0.1) is 29.7 Å². The van der Waals surface area contributed by atoms with Gasteiger partial charge in [0.2, 0.25) is 0 Å². The standard InChI is InChI=1S/C11H7F3N2/c1-7-4-9(11(12,13)14)5-8(2-3-15)10(7)6-16/h4-5H,2H2,1H3. The summed E-state index contributed by atoms with van der Waals surface area (Å²) in [6, 6.07) is 5.33. The van der Waals surface area contributed by atoms with E-state index in [9.17, 15) is 13.2 Å². The largest absolute Gasteiger partial charge is 0.416 e. The number of nitrogens with zero attached hydrogens (tertiary/aromatic N) is 2. The van der Waals surface area contributed by atoms with Crippen molar-refractivity contribution in [1.29, 1.82) is 10.5 Å². The number of alkyl halides is 3. The Morgan fingerprint density at radius 1 is 1.25 bits per heavy atom. The molecule has 16 heavy (non-hydrogen) atoms. The fourth-order valence-electron chi connectivity index (χ4n) is 1.41. The van der Waals surface area contributed by atoms with Crippen molar-refractivity contribution in [2.45, 2.75) is 19.5 Å². The van der Waals surface area contributed by atoms with Gasteiger partial charge in [0.25, 0.3) is 0 Å². The van der Waals surface area contributed by atoms with E-state index in [1.54, 1.807) is 6.07 Å². The van der Waals surface area contributed by atoms with Crippen LogP contribution in [0, 0.1) is 29.6 Å². The smallest absolute Gasteiger partial charge is 0.198 e. The van der Waals surface area contributed by atoms with E-state index in [1.165, 1.54) is 6.92 Å². The van der Waals surface area contributed by atoms with Crippen LogP contribution in [-0.2, 0) is 12.6 Å². The van der Waals surface area contributed by atoms with Gasteiger partial charge in [-0.25, -0.2) is 0 Å². The fourth-order valence-corrected chi connectivity index (χ4v) is 1.41. The molecule has 0 aliphatic carbocycles. The third-order valence-electron chi connectivity index (χ3n) is 2.13. The molecule has 0 spiro atoms. The minimum atomic E-state index is -4.46. The van der Waals surface area contributed by atoms with E-state index in [-0.39, 0.29) is 23.1 Å². The maximum Gasteiger partial charge on any atom is 0.416 e. The highest BCUT2D eigenvalue weighted by Gasteiger charge is 2.31. The molecule has 0 amide bonds. The van der Waals surface area contributed by atoms with Crippen LogP contribution >= 0.6 is 0 Å².